The number of aryl methyl sites for hydroxylation is 1. The van der Waals surface area contributed by atoms with Gasteiger partial charge in [-0.25, -0.2) is 14.8 Å². The number of likely N-dealkylation sites (tertiary alicyclic amines) is 1. The molecule has 2 saturated heterocycles. The number of rotatable bonds is 15. The molecule has 1 aliphatic carbocycles. The number of amides is 4. The van der Waals surface area contributed by atoms with Crippen LogP contribution in [0.3, 0.4) is 0 Å². The second kappa shape index (κ2) is 21.5. The van der Waals surface area contributed by atoms with Crippen LogP contribution in [0, 0.1) is 18.8 Å². The number of methoxy groups -OCH3 is 1. The molecule has 1 atom stereocenters. The summed E-state index contributed by atoms with van der Waals surface area (Å²) in [4.78, 5) is 67.1. The standard InChI is InChI=1S/C49H61ClF3N9O5/c1-30(36-24-37(49(51,52)53)27-38(54)25-36)56-45-40-28-39(44(67-3)29-42(40)57-31(2)58-45)33-7-9-34(10-8-33)46(64)61-21-19-59(20-22-61)15-4-6-32-13-17-60(18-14-32)47(65)35-11-12-41(50)43(26-35)62(48(55)66)16-5-23-63/h11-12,23-30,32-34H,4-10,13-22,54H2,1-3H3,(H2,55,66)(H,56,57,58)/t30-,33-,34-/m1/s1. The lowest BCUT2D eigenvalue weighted by molar-refractivity contribution is -0.138. The Kier molecular flexibility index (Phi) is 15.8. The lowest BCUT2D eigenvalue weighted by atomic mass is 9.77. The van der Waals surface area contributed by atoms with Crippen LogP contribution in [0.4, 0.5) is 35.2 Å². The molecule has 0 radical (unpaired) electrons. The number of nitrogens with two attached hydrogens (primary N) is 2. The predicted octanol–water partition coefficient (Wildman–Crippen LogP) is 8.60. The Morgan fingerprint density at radius 1 is 0.955 bits per heavy atom. The van der Waals surface area contributed by atoms with Crippen molar-refractivity contribution in [2.75, 3.05) is 75.4 Å². The van der Waals surface area contributed by atoms with Crippen LogP contribution in [0.25, 0.3) is 10.9 Å². The highest BCUT2D eigenvalue weighted by molar-refractivity contribution is 6.34. The molecule has 3 aromatic carbocycles. The molecule has 18 heteroatoms. The van der Waals surface area contributed by atoms with E-state index in [1.807, 2.05) is 21.9 Å². The second-order valence-corrected chi connectivity index (χ2v) is 18.6. The summed E-state index contributed by atoms with van der Waals surface area (Å²) in [5.74, 6) is 2.42. The van der Waals surface area contributed by atoms with Crippen molar-refractivity contribution in [3.63, 3.8) is 0 Å². The van der Waals surface area contributed by atoms with Crippen LogP contribution in [0.2, 0.25) is 5.02 Å². The number of primary amides is 1. The normalized spacial score (nSPS) is 19.0. The molecule has 360 valence electrons. The molecule has 4 amide bonds. The van der Waals surface area contributed by atoms with Gasteiger partial charge in [0.2, 0.25) is 5.91 Å². The van der Waals surface area contributed by atoms with Crippen molar-refractivity contribution < 1.29 is 37.1 Å². The summed E-state index contributed by atoms with van der Waals surface area (Å²) >= 11 is 6.35. The summed E-state index contributed by atoms with van der Waals surface area (Å²) in [6.45, 7) is 8.95. The number of halogens is 4. The van der Waals surface area contributed by atoms with Crippen molar-refractivity contribution in [2.24, 2.45) is 17.6 Å². The van der Waals surface area contributed by atoms with Crippen LogP contribution in [-0.4, -0.2) is 108 Å². The zero-order valence-electron chi connectivity index (χ0n) is 38.4. The first-order valence-corrected chi connectivity index (χ1v) is 23.6. The number of nitrogens with zero attached hydrogens (tertiary/aromatic N) is 6. The number of piperazine rings is 1. The van der Waals surface area contributed by atoms with E-state index in [-0.39, 0.29) is 47.3 Å². The molecule has 3 fully saturated rings. The number of carbonyl (C=O) groups is 4. The van der Waals surface area contributed by atoms with E-state index in [9.17, 15) is 32.3 Å². The zero-order valence-corrected chi connectivity index (χ0v) is 39.2. The van der Waals surface area contributed by atoms with E-state index in [4.69, 9.17) is 27.8 Å². The summed E-state index contributed by atoms with van der Waals surface area (Å²) in [5.41, 5.74) is 13.4. The third-order valence-electron chi connectivity index (χ3n) is 13.7. The number of alkyl halides is 3. The molecule has 4 aromatic rings. The minimum Gasteiger partial charge on any atom is -0.496 e. The molecule has 14 nitrogen and oxygen atoms in total. The molecule has 7 rings (SSSR count). The lowest BCUT2D eigenvalue weighted by Crippen LogP contribution is -2.50. The Morgan fingerprint density at radius 3 is 2.33 bits per heavy atom. The van der Waals surface area contributed by atoms with Crippen LogP contribution < -0.4 is 26.4 Å². The first kappa shape index (κ1) is 49.2. The molecular formula is C49H61ClF3N9O5. The lowest BCUT2D eigenvalue weighted by Gasteiger charge is -2.38. The highest BCUT2D eigenvalue weighted by atomic mass is 35.5. The number of nitrogens with one attached hydrogen (secondary N) is 1. The fourth-order valence-electron chi connectivity index (χ4n) is 9.97. The first-order chi connectivity index (χ1) is 32.0. The van der Waals surface area contributed by atoms with Gasteiger partial charge < -0.3 is 36.1 Å². The van der Waals surface area contributed by atoms with Gasteiger partial charge in [0.1, 0.15) is 23.7 Å². The Balaban J connectivity index is 0.865. The van der Waals surface area contributed by atoms with Crippen LogP contribution in [0.15, 0.2) is 48.5 Å². The van der Waals surface area contributed by atoms with Gasteiger partial charge in [0, 0.05) is 80.9 Å². The number of piperidine rings is 1. The van der Waals surface area contributed by atoms with Crippen molar-refractivity contribution in [2.45, 2.75) is 89.8 Å². The van der Waals surface area contributed by atoms with Gasteiger partial charge in [-0.15, -0.1) is 0 Å². The quantitative estimate of drug-likeness (QED) is 0.0772. The van der Waals surface area contributed by atoms with Crippen LogP contribution >= 0.6 is 11.6 Å². The number of hydrogen-bond donors (Lipinski definition) is 3. The fraction of sp³-hybridized carbons (Fsp3) is 0.510. The monoisotopic (exact) mass is 947 g/mol. The Bertz CT molecular complexity index is 2430. The number of hydrogen-bond acceptors (Lipinski definition) is 10. The maximum absolute atomic E-state index is 13.8. The predicted molar refractivity (Wildman–Crippen MR) is 253 cm³/mol. The smallest absolute Gasteiger partial charge is 0.416 e. The van der Waals surface area contributed by atoms with Gasteiger partial charge in [-0.1, -0.05) is 11.6 Å². The van der Waals surface area contributed by atoms with Gasteiger partial charge in [0.05, 0.1) is 34.9 Å². The van der Waals surface area contributed by atoms with Gasteiger partial charge in [0.25, 0.3) is 5.91 Å². The number of nitrogen functional groups attached to an aromatic ring is 1. The molecule has 3 heterocycles. The van der Waals surface area contributed by atoms with Crippen molar-refractivity contribution in [3.05, 3.63) is 81.6 Å². The average molecular weight is 949 g/mol. The van der Waals surface area contributed by atoms with Gasteiger partial charge in [-0.3, -0.25) is 19.4 Å². The number of anilines is 3. The molecule has 0 unspecified atom stereocenters. The number of aldehydes is 1. The topological polar surface area (TPSA) is 180 Å². The highest BCUT2D eigenvalue weighted by Crippen LogP contribution is 2.43. The first-order valence-electron chi connectivity index (χ1n) is 23.2. The van der Waals surface area contributed by atoms with Crippen molar-refractivity contribution in [1.82, 2.24) is 24.7 Å². The van der Waals surface area contributed by atoms with E-state index >= 15 is 0 Å². The number of ether oxygens (including phenoxy) is 1. The molecule has 1 aromatic heterocycles. The van der Waals surface area contributed by atoms with E-state index in [2.05, 4.69) is 20.2 Å². The van der Waals surface area contributed by atoms with Crippen molar-refractivity contribution in [3.8, 4) is 5.75 Å². The van der Waals surface area contributed by atoms with Gasteiger partial charge in [-0.2, -0.15) is 13.2 Å². The Labute approximate surface area is 394 Å². The van der Waals surface area contributed by atoms with Crippen molar-refractivity contribution >= 4 is 63.8 Å². The van der Waals surface area contributed by atoms with E-state index < -0.39 is 23.8 Å². The molecule has 0 bridgehead atoms. The number of aromatic nitrogens is 2. The van der Waals surface area contributed by atoms with Gasteiger partial charge in [-0.05, 0) is 137 Å². The summed E-state index contributed by atoms with van der Waals surface area (Å²) < 4.78 is 46.7. The van der Waals surface area contributed by atoms with Gasteiger partial charge >= 0.3 is 12.2 Å². The largest absolute Gasteiger partial charge is 0.496 e. The maximum Gasteiger partial charge on any atom is 0.416 e. The highest BCUT2D eigenvalue weighted by Gasteiger charge is 2.34. The summed E-state index contributed by atoms with van der Waals surface area (Å²) in [7, 11) is 1.63. The number of carbonyl (C=O) groups excluding carboxylic acids is 4. The average Bonchev–Trinajstić information content (AvgIpc) is 3.31. The van der Waals surface area contributed by atoms with Crippen LogP contribution in [0.5, 0.6) is 5.75 Å². The van der Waals surface area contributed by atoms with E-state index in [1.54, 1.807) is 39.2 Å². The molecule has 0 spiro atoms. The molecule has 67 heavy (non-hydrogen) atoms. The third kappa shape index (κ3) is 11.9. The summed E-state index contributed by atoms with van der Waals surface area (Å²) in [6, 6.07) is 11.0. The Hall–Kier alpha value is -5.68. The number of urea groups is 1. The molecule has 3 aliphatic rings. The van der Waals surface area contributed by atoms with E-state index in [0.29, 0.717) is 78.1 Å². The van der Waals surface area contributed by atoms with E-state index in [0.717, 1.165) is 94.1 Å². The second-order valence-electron chi connectivity index (χ2n) is 18.2. The van der Waals surface area contributed by atoms with E-state index in [1.165, 1.54) is 11.0 Å². The van der Waals surface area contributed by atoms with Gasteiger partial charge in [0.15, 0.2) is 0 Å². The Morgan fingerprint density at radius 2 is 1.67 bits per heavy atom. The molecular weight excluding hydrogens is 887 g/mol. The third-order valence-corrected chi connectivity index (χ3v) is 14.0. The number of benzene rings is 3. The summed E-state index contributed by atoms with van der Waals surface area (Å²) in [5, 5.41) is 4.33. The summed E-state index contributed by atoms with van der Waals surface area (Å²) in [6.07, 6.45) is 3.33. The minimum absolute atomic E-state index is 0.0272. The minimum atomic E-state index is -4.53. The zero-order chi connectivity index (χ0) is 48.0. The van der Waals surface area contributed by atoms with Crippen molar-refractivity contribution in [1.29, 1.82) is 0 Å². The SMILES string of the molecule is COc1cc2nc(C)nc(N[C@H](C)c3cc(N)cc(C(F)(F)F)c3)c2cc1[C@H]1CC[C@H](C(=O)N2CCN(CCCC3CCN(C(=O)c4ccc(Cl)c(N(CCC=O)C(N)=O)c4)CC3)CC2)CC1. The molecule has 1 saturated carbocycles. The fourth-order valence-corrected chi connectivity index (χ4v) is 10.2. The molecule has 5 N–H and O–H groups in total. The maximum atomic E-state index is 13.8. The van der Waals surface area contributed by atoms with Crippen LogP contribution in [0.1, 0.15) is 110 Å². The number of fused-ring (bicyclic) bond motifs is 1. The van der Waals surface area contributed by atoms with Crippen LogP contribution in [-0.2, 0) is 15.8 Å². The molecule has 2 aliphatic heterocycles.